The van der Waals surface area contributed by atoms with Gasteiger partial charge in [0, 0.05) is 29.2 Å². The number of nitrogens with zero attached hydrogens (tertiary/aromatic N) is 5. The summed E-state index contributed by atoms with van der Waals surface area (Å²) in [4.78, 5) is 12.1. The molecule has 17 heavy (non-hydrogen) atoms. The first-order valence-electron chi connectivity index (χ1n) is 5.13. The van der Waals surface area contributed by atoms with Gasteiger partial charge in [0.05, 0.1) is 0 Å². The summed E-state index contributed by atoms with van der Waals surface area (Å²) in [7, 11) is 0. The first-order chi connectivity index (χ1) is 8.25. The topological polar surface area (TPSA) is 82.0 Å². The highest BCUT2D eigenvalue weighted by Crippen LogP contribution is 2.22. The Balaban J connectivity index is 2.28. The second-order valence-electron chi connectivity index (χ2n) is 3.70. The predicted octanol–water partition coefficient (Wildman–Crippen LogP) is 1.08. The van der Waals surface area contributed by atoms with Crippen LogP contribution in [0, 0.1) is 6.92 Å². The molecule has 0 aliphatic carbocycles. The smallest absolute Gasteiger partial charge is 0.240 e. The Bertz CT molecular complexity index is 673. The zero-order valence-electron chi connectivity index (χ0n) is 9.20. The van der Waals surface area contributed by atoms with Crippen LogP contribution in [0.25, 0.3) is 16.8 Å². The number of aromatic nitrogens is 5. The minimum Gasteiger partial charge on any atom is -0.366 e. The number of nitrogens with two attached hydrogens (primary N) is 1. The normalized spacial score (nSPS) is 10.9. The van der Waals surface area contributed by atoms with E-state index >= 15 is 0 Å². The number of rotatable bonds is 1. The van der Waals surface area contributed by atoms with E-state index in [4.69, 9.17) is 5.73 Å². The van der Waals surface area contributed by atoms with Crippen molar-refractivity contribution in [2.24, 2.45) is 0 Å². The van der Waals surface area contributed by atoms with Gasteiger partial charge in [-0.3, -0.25) is 0 Å². The van der Waals surface area contributed by atoms with Crippen molar-refractivity contribution in [3.63, 3.8) is 0 Å². The van der Waals surface area contributed by atoms with Gasteiger partial charge in [-0.15, -0.1) is 5.10 Å². The number of aryl methyl sites for hydroxylation is 1. The fourth-order valence-electron chi connectivity index (χ4n) is 1.83. The van der Waals surface area contributed by atoms with Gasteiger partial charge >= 0.3 is 0 Å². The molecule has 0 saturated heterocycles. The van der Waals surface area contributed by atoms with Crippen LogP contribution in [0.5, 0.6) is 0 Å². The van der Waals surface area contributed by atoms with Crippen LogP contribution < -0.4 is 5.73 Å². The molecule has 6 nitrogen and oxygen atoms in total. The zero-order chi connectivity index (χ0) is 11.8. The molecule has 0 saturated carbocycles. The maximum atomic E-state index is 5.58. The van der Waals surface area contributed by atoms with Crippen molar-refractivity contribution in [2.75, 3.05) is 5.73 Å². The van der Waals surface area contributed by atoms with Crippen molar-refractivity contribution in [1.82, 2.24) is 24.6 Å². The van der Waals surface area contributed by atoms with E-state index in [9.17, 15) is 0 Å². The molecule has 3 heterocycles. The number of pyridine rings is 1. The van der Waals surface area contributed by atoms with Crippen molar-refractivity contribution < 1.29 is 0 Å². The number of hydrogen-bond donors (Lipinski definition) is 1. The summed E-state index contributed by atoms with van der Waals surface area (Å²) < 4.78 is 1.72. The van der Waals surface area contributed by atoms with E-state index in [2.05, 4.69) is 20.1 Å². The van der Waals surface area contributed by atoms with Crippen LogP contribution in [-0.2, 0) is 0 Å². The minimum absolute atomic E-state index is 0.273. The van der Waals surface area contributed by atoms with Crippen molar-refractivity contribution in [2.45, 2.75) is 6.92 Å². The summed E-state index contributed by atoms with van der Waals surface area (Å²) in [5, 5.41) is 4.14. The largest absolute Gasteiger partial charge is 0.366 e. The average molecular weight is 226 g/mol. The third kappa shape index (κ3) is 1.50. The molecule has 2 N–H and O–H groups in total. The van der Waals surface area contributed by atoms with E-state index in [-0.39, 0.29) is 5.95 Å². The molecule has 6 heteroatoms. The molecule has 0 aliphatic rings. The molecule has 0 unspecified atom stereocenters. The Morgan fingerprint density at radius 3 is 2.71 bits per heavy atom. The van der Waals surface area contributed by atoms with E-state index in [1.807, 2.05) is 19.1 Å². The van der Waals surface area contributed by atoms with Crippen LogP contribution in [0.1, 0.15) is 5.69 Å². The molecule has 0 radical (unpaired) electrons. The SMILES string of the molecule is Cc1c(-c2cncnc2)ccc2nc(N)nn12. The molecule has 0 aliphatic heterocycles. The number of fused-ring (bicyclic) bond motifs is 1. The van der Waals surface area contributed by atoms with Gasteiger partial charge in [0.15, 0.2) is 5.65 Å². The van der Waals surface area contributed by atoms with Crippen LogP contribution >= 0.6 is 0 Å². The van der Waals surface area contributed by atoms with Crippen LogP contribution in [0.15, 0.2) is 30.9 Å². The molecule has 0 spiro atoms. The lowest BCUT2D eigenvalue weighted by molar-refractivity contribution is 0.922. The van der Waals surface area contributed by atoms with E-state index in [1.165, 1.54) is 6.33 Å². The number of nitrogen functional groups attached to an aromatic ring is 1. The van der Waals surface area contributed by atoms with Gasteiger partial charge in [-0.05, 0) is 19.1 Å². The molecule has 0 fully saturated rings. The van der Waals surface area contributed by atoms with Gasteiger partial charge in [-0.25, -0.2) is 14.5 Å². The molecule has 84 valence electrons. The third-order valence-electron chi connectivity index (χ3n) is 2.63. The molecule has 3 aromatic heterocycles. The highest BCUT2D eigenvalue weighted by atomic mass is 15.3. The lowest BCUT2D eigenvalue weighted by Crippen LogP contribution is -1.97. The highest BCUT2D eigenvalue weighted by Gasteiger charge is 2.08. The number of hydrogen-bond acceptors (Lipinski definition) is 5. The van der Waals surface area contributed by atoms with Crippen molar-refractivity contribution in [3.8, 4) is 11.1 Å². The standard InChI is InChI=1S/C11H10N6/c1-7-9(8-4-13-6-14-5-8)2-3-10-15-11(12)16-17(7)10/h2-6H,1H3,(H2,12,16). The fraction of sp³-hybridized carbons (Fsp3) is 0.0909. The summed E-state index contributed by atoms with van der Waals surface area (Å²) in [6.07, 6.45) is 5.04. The zero-order valence-corrected chi connectivity index (χ0v) is 9.20. The molecule has 0 bridgehead atoms. The molecule has 0 atom stereocenters. The van der Waals surface area contributed by atoms with Crippen LogP contribution in [0.4, 0.5) is 5.95 Å². The Labute approximate surface area is 97.2 Å². The summed E-state index contributed by atoms with van der Waals surface area (Å²) in [5.41, 5.74) is 9.24. The van der Waals surface area contributed by atoms with Gasteiger partial charge in [-0.1, -0.05) is 0 Å². The quantitative estimate of drug-likeness (QED) is 0.671. The van der Waals surface area contributed by atoms with Gasteiger partial charge < -0.3 is 5.73 Å². The Hall–Kier alpha value is -2.50. The highest BCUT2D eigenvalue weighted by molar-refractivity contribution is 5.66. The summed E-state index contributed by atoms with van der Waals surface area (Å²) in [6, 6.07) is 3.84. The maximum absolute atomic E-state index is 5.58. The molecular weight excluding hydrogens is 216 g/mol. The average Bonchev–Trinajstić information content (AvgIpc) is 2.72. The molecule has 0 amide bonds. The van der Waals surface area contributed by atoms with Crippen LogP contribution in [-0.4, -0.2) is 24.6 Å². The summed E-state index contributed by atoms with van der Waals surface area (Å²) in [6.45, 7) is 1.96. The fourth-order valence-corrected chi connectivity index (χ4v) is 1.83. The van der Waals surface area contributed by atoms with Gasteiger partial charge in [-0.2, -0.15) is 4.98 Å². The predicted molar refractivity (Wildman–Crippen MR) is 63.2 cm³/mol. The molecular formula is C11H10N6. The first-order valence-corrected chi connectivity index (χ1v) is 5.13. The second-order valence-corrected chi connectivity index (χ2v) is 3.70. The van der Waals surface area contributed by atoms with Gasteiger partial charge in [0.1, 0.15) is 6.33 Å². The lowest BCUT2D eigenvalue weighted by atomic mass is 10.1. The molecule has 0 aromatic carbocycles. The molecule has 3 rings (SSSR count). The van der Waals surface area contributed by atoms with E-state index in [0.717, 1.165) is 22.5 Å². The first kappa shape index (κ1) is 9.71. The number of anilines is 1. The second kappa shape index (κ2) is 3.51. The van der Waals surface area contributed by atoms with E-state index < -0.39 is 0 Å². The molecule has 3 aromatic rings. The Morgan fingerprint density at radius 2 is 1.94 bits per heavy atom. The van der Waals surface area contributed by atoms with Crippen molar-refractivity contribution in [3.05, 3.63) is 36.5 Å². The van der Waals surface area contributed by atoms with Crippen molar-refractivity contribution >= 4 is 11.6 Å². The third-order valence-corrected chi connectivity index (χ3v) is 2.63. The van der Waals surface area contributed by atoms with E-state index in [0.29, 0.717) is 0 Å². The monoisotopic (exact) mass is 226 g/mol. The Kier molecular flexibility index (Phi) is 2.01. The summed E-state index contributed by atoms with van der Waals surface area (Å²) in [5.74, 6) is 0.273. The Morgan fingerprint density at radius 1 is 1.18 bits per heavy atom. The summed E-state index contributed by atoms with van der Waals surface area (Å²) >= 11 is 0. The lowest BCUT2D eigenvalue weighted by Gasteiger charge is -2.05. The van der Waals surface area contributed by atoms with Gasteiger partial charge in [0.25, 0.3) is 0 Å². The van der Waals surface area contributed by atoms with E-state index in [1.54, 1.807) is 16.9 Å². The van der Waals surface area contributed by atoms with Gasteiger partial charge in [0.2, 0.25) is 5.95 Å². The minimum atomic E-state index is 0.273. The van der Waals surface area contributed by atoms with Crippen LogP contribution in [0.3, 0.4) is 0 Å². The maximum Gasteiger partial charge on any atom is 0.240 e. The van der Waals surface area contributed by atoms with Crippen molar-refractivity contribution in [1.29, 1.82) is 0 Å². The van der Waals surface area contributed by atoms with Crippen LogP contribution in [0.2, 0.25) is 0 Å².